The van der Waals surface area contributed by atoms with Crippen molar-refractivity contribution in [3.63, 3.8) is 0 Å². The van der Waals surface area contributed by atoms with Gasteiger partial charge in [-0.15, -0.1) is 0 Å². The van der Waals surface area contributed by atoms with Gasteiger partial charge in [0.25, 0.3) is 0 Å². The molecule has 0 saturated carbocycles. The first kappa shape index (κ1) is 18.9. The molecule has 6 nitrogen and oxygen atoms in total. The van der Waals surface area contributed by atoms with Gasteiger partial charge in [0, 0.05) is 19.6 Å². The minimum atomic E-state index is -0.366. The van der Waals surface area contributed by atoms with Crippen molar-refractivity contribution >= 4 is 11.8 Å². The molecule has 0 bridgehead atoms. The molecule has 0 spiro atoms. The second-order valence-electron chi connectivity index (χ2n) is 7.28. The highest BCUT2D eigenvalue weighted by molar-refractivity contribution is 5.97. The SMILES string of the molecule is NCCCC[C@@H]1NC(=O)[C@H]2CN(CCCc3ccccc3)CCN2C1=O. The van der Waals surface area contributed by atoms with Gasteiger partial charge in [0.15, 0.2) is 0 Å². The fourth-order valence-electron chi connectivity index (χ4n) is 3.90. The van der Waals surface area contributed by atoms with Crippen LogP contribution >= 0.6 is 0 Å². The van der Waals surface area contributed by atoms with Crippen LogP contribution in [0.4, 0.5) is 0 Å². The van der Waals surface area contributed by atoms with Crippen LogP contribution in [0.15, 0.2) is 30.3 Å². The number of carbonyl (C=O) groups is 2. The van der Waals surface area contributed by atoms with Crippen LogP contribution in [-0.4, -0.2) is 66.4 Å². The van der Waals surface area contributed by atoms with Crippen LogP contribution in [0.2, 0.25) is 0 Å². The minimum Gasteiger partial charge on any atom is -0.342 e. The van der Waals surface area contributed by atoms with E-state index < -0.39 is 0 Å². The molecule has 2 aliphatic heterocycles. The van der Waals surface area contributed by atoms with Crippen molar-refractivity contribution in [2.45, 2.75) is 44.2 Å². The Labute approximate surface area is 155 Å². The van der Waals surface area contributed by atoms with Crippen LogP contribution in [0.1, 0.15) is 31.2 Å². The van der Waals surface area contributed by atoms with E-state index in [1.165, 1.54) is 5.56 Å². The Kier molecular flexibility index (Phi) is 6.63. The molecule has 2 atom stereocenters. The number of fused-ring (bicyclic) bond motifs is 1. The number of rotatable bonds is 8. The lowest BCUT2D eigenvalue weighted by atomic mass is 10.00. The number of amides is 2. The molecule has 1 aromatic rings. The maximum absolute atomic E-state index is 12.7. The average Bonchev–Trinajstić information content (AvgIpc) is 2.67. The van der Waals surface area contributed by atoms with Crippen molar-refractivity contribution in [3.8, 4) is 0 Å². The number of piperazine rings is 2. The molecule has 6 heteroatoms. The number of benzene rings is 1. The molecule has 2 aliphatic rings. The standard InChI is InChI=1S/C20H30N4O2/c21-11-5-4-10-17-20(26)24-14-13-23(15-18(24)19(25)22-17)12-6-9-16-7-2-1-3-8-16/h1-3,7-8,17-18H,4-6,9-15,21H2,(H,22,25)/t17-,18+/m0/s1. The molecule has 0 aromatic heterocycles. The van der Waals surface area contributed by atoms with E-state index >= 15 is 0 Å². The second kappa shape index (κ2) is 9.14. The summed E-state index contributed by atoms with van der Waals surface area (Å²) in [7, 11) is 0. The van der Waals surface area contributed by atoms with Crippen molar-refractivity contribution in [1.82, 2.24) is 15.1 Å². The Morgan fingerprint density at radius 3 is 2.65 bits per heavy atom. The highest BCUT2D eigenvalue weighted by atomic mass is 16.2. The number of hydrogen-bond donors (Lipinski definition) is 2. The van der Waals surface area contributed by atoms with Crippen LogP contribution in [-0.2, 0) is 16.0 Å². The number of hydrogen-bond acceptors (Lipinski definition) is 4. The van der Waals surface area contributed by atoms with E-state index in [9.17, 15) is 9.59 Å². The molecule has 26 heavy (non-hydrogen) atoms. The normalized spacial score (nSPS) is 23.7. The first-order valence-electron chi connectivity index (χ1n) is 9.76. The maximum atomic E-state index is 12.7. The van der Waals surface area contributed by atoms with E-state index in [0.717, 1.165) is 38.8 Å². The fraction of sp³-hybridized carbons (Fsp3) is 0.600. The molecule has 2 heterocycles. The van der Waals surface area contributed by atoms with Crippen molar-refractivity contribution in [2.24, 2.45) is 5.73 Å². The maximum Gasteiger partial charge on any atom is 0.245 e. The lowest BCUT2D eigenvalue weighted by Gasteiger charge is -2.45. The van der Waals surface area contributed by atoms with Gasteiger partial charge in [-0.1, -0.05) is 30.3 Å². The fourth-order valence-corrected chi connectivity index (χ4v) is 3.90. The highest BCUT2D eigenvalue weighted by Gasteiger charge is 2.42. The smallest absolute Gasteiger partial charge is 0.245 e. The van der Waals surface area contributed by atoms with Crippen molar-refractivity contribution in [3.05, 3.63) is 35.9 Å². The van der Waals surface area contributed by atoms with Crippen molar-refractivity contribution in [1.29, 1.82) is 0 Å². The van der Waals surface area contributed by atoms with Crippen LogP contribution in [0.25, 0.3) is 0 Å². The number of nitrogens with one attached hydrogen (secondary N) is 1. The third-order valence-corrected chi connectivity index (χ3v) is 5.39. The molecule has 2 fully saturated rings. The van der Waals surface area contributed by atoms with Gasteiger partial charge < -0.3 is 16.0 Å². The van der Waals surface area contributed by atoms with E-state index in [1.54, 1.807) is 4.90 Å². The number of nitrogens with two attached hydrogens (primary N) is 1. The Bertz CT molecular complexity index is 607. The number of carbonyl (C=O) groups excluding carboxylic acids is 2. The van der Waals surface area contributed by atoms with E-state index in [0.29, 0.717) is 26.1 Å². The topological polar surface area (TPSA) is 78.7 Å². The molecule has 0 unspecified atom stereocenters. The number of nitrogens with zero attached hydrogens (tertiary/aromatic N) is 2. The third kappa shape index (κ3) is 4.62. The van der Waals surface area contributed by atoms with Crippen molar-refractivity contribution in [2.75, 3.05) is 32.7 Å². The zero-order valence-electron chi connectivity index (χ0n) is 15.4. The predicted molar refractivity (Wildman–Crippen MR) is 102 cm³/mol. The molecule has 1 aromatic carbocycles. The Hall–Kier alpha value is -1.92. The van der Waals surface area contributed by atoms with E-state index in [4.69, 9.17) is 5.73 Å². The van der Waals surface area contributed by atoms with Crippen LogP contribution < -0.4 is 11.1 Å². The number of unbranched alkanes of at least 4 members (excludes halogenated alkanes) is 1. The van der Waals surface area contributed by atoms with Crippen LogP contribution in [0.5, 0.6) is 0 Å². The van der Waals surface area contributed by atoms with Crippen LogP contribution in [0, 0.1) is 0 Å². The highest BCUT2D eigenvalue weighted by Crippen LogP contribution is 2.19. The second-order valence-corrected chi connectivity index (χ2v) is 7.28. The van der Waals surface area contributed by atoms with Gasteiger partial charge in [-0.25, -0.2) is 0 Å². The first-order chi connectivity index (χ1) is 12.7. The molecular formula is C20H30N4O2. The minimum absolute atomic E-state index is 0.00453. The van der Waals surface area contributed by atoms with Gasteiger partial charge in [0.05, 0.1) is 0 Å². The summed E-state index contributed by atoms with van der Waals surface area (Å²) in [6, 6.07) is 9.76. The van der Waals surface area contributed by atoms with Gasteiger partial charge >= 0.3 is 0 Å². The van der Waals surface area contributed by atoms with Gasteiger partial charge in [-0.2, -0.15) is 0 Å². The molecule has 2 amide bonds. The summed E-state index contributed by atoms with van der Waals surface area (Å²) in [6.07, 6.45) is 4.55. The van der Waals surface area contributed by atoms with E-state index in [-0.39, 0.29) is 23.9 Å². The monoisotopic (exact) mass is 358 g/mol. The van der Waals surface area contributed by atoms with Gasteiger partial charge in [0.2, 0.25) is 11.8 Å². The predicted octanol–water partition coefficient (Wildman–Crippen LogP) is 0.759. The Balaban J connectivity index is 1.48. The largest absolute Gasteiger partial charge is 0.342 e. The molecule has 0 aliphatic carbocycles. The Morgan fingerprint density at radius 2 is 1.88 bits per heavy atom. The summed E-state index contributed by atoms with van der Waals surface area (Å²) in [5.41, 5.74) is 6.86. The van der Waals surface area contributed by atoms with Crippen LogP contribution in [0.3, 0.4) is 0 Å². The number of aryl methyl sites for hydroxylation is 1. The summed E-state index contributed by atoms with van der Waals surface area (Å²) in [5.74, 6) is 0.0747. The quantitative estimate of drug-likeness (QED) is 0.673. The molecular weight excluding hydrogens is 328 g/mol. The lowest BCUT2D eigenvalue weighted by molar-refractivity contribution is -0.153. The van der Waals surface area contributed by atoms with Crippen molar-refractivity contribution < 1.29 is 9.59 Å². The Morgan fingerprint density at radius 1 is 1.08 bits per heavy atom. The van der Waals surface area contributed by atoms with E-state index in [2.05, 4.69) is 34.5 Å². The van der Waals surface area contributed by atoms with E-state index in [1.807, 2.05) is 6.07 Å². The first-order valence-corrected chi connectivity index (χ1v) is 9.76. The summed E-state index contributed by atoms with van der Waals surface area (Å²) < 4.78 is 0. The molecule has 0 radical (unpaired) electrons. The average molecular weight is 358 g/mol. The summed E-state index contributed by atoms with van der Waals surface area (Å²) in [5, 5.41) is 2.93. The molecule has 3 N–H and O–H groups in total. The van der Waals surface area contributed by atoms with Gasteiger partial charge in [-0.3, -0.25) is 14.5 Å². The zero-order chi connectivity index (χ0) is 18.4. The summed E-state index contributed by atoms with van der Waals surface area (Å²) in [6.45, 7) is 3.72. The summed E-state index contributed by atoms with van der Waals surface area (Å²) in [4.78, 5) is 29.3. The molecule has 3 rings (SSSR count). The summed E-state index contributed by atoms with van der Waals surface area (Å²) >= 11 is 0. The third-order valence-electron chi connectivity index (χ3n) is 5.39. The molecule has 142 valence electrons. The zero-order valence-corrected chi connectivity index (χ0v) is 15.4. The molecule has 2 saturated heterocycles. The van der Waals surface area contributed by atoms with Gasteiger partial charge in [-0.05, 0) is 50.8 Å². The lowest BCUT2D eigenvalue weighted by Crippen LogP contribution is -2.69. The van der Waals surface area contributed by atoms with Gasteiger partial charge in [0.1, 0.15) is 12.1 Å².